The second-order valence-electron chi connectivity index (χ2n) is 7.21. The molecule has 0 bridgehead atoms. The van der Waals surface area contributed by atoms with Gasteiger partial charge in [-0.05, 0) is 55.6 Å². The highest BCUT2D eigenvalue weighted by atomic mass is 35.5. The van der Waals surface area contributed by atoms with Crippen molar-refractivity contribution in [1.29, 1.82) is 0 Å². The van der Waals surface area contributed by atoms with Crippen molar-refractivity contribution < 1.29 is 13.9 Å². The van der Waals surface area contributed by atoms with E-state index in [2.05, 4.69) is 15.7 Å². The summed E-state index contributed by atoms with van der Waals surface area (Å²) in [5.74, 6) is -0.510. The van der Waals surface area contributed by atoms with E-state index in [1.807, 2.05) is 0 Å². The van der Waals surface area contributed by atoms with Crippen LogP contribution < -0.4 is 10.6 Å². The maximum Gasteiger partial charge on any atom is 0.341 e. The molecule has 0 amide bonds. The minimum atomic E-state index is -0.423. The first-order valence-corrected chi connectivity index (χ1v) is 11.8. The van der Waals surface area contributed by atoms with Crippen LogP contribution in [0.5, 0.6) is 0 Å². The van der Waals surface area contributed by atoms with Crippen molar-refractivity contribution in [3.63, 3.8) is 0 Å². The Bertz CT molecular complexity index is 1170. The van der Waals surface area contributed by atoms with E-state index in [1.54, 1.807) is 18.3 Å². The van der Waals surface area contributed by atoms with Gasteiger partial charge in [0.15, 0.2) is 10.9 Å². The summed E-state index contributed by atoms with van der Waals surface area (Å²) in [5, 5.41) is 11.8. The van der Waals surface area contributed by atoms with E-state index in [0.717, 1.165) is 31.2 Å². The van der Waals surface area contributed by atoms with Crippen molar-refractivity contribution >= 4 is 68.7 Å². The lowest BCUT2D eigenvalue weighted by Crippen LogP contribution is -2.21. The minimum Gasteiger partial charge on any atom is -0.465 e. The third kappa shape index (κ3) is 4.76. The van der Waals surface area contributed by atoms with Crippen LogP contribution in [-0.4, -0.2) is 28.0 Å². The van der Waals surface area contributed by atoms with Crippen molar-refractivity contribution in [1.82, 2.24) is 9.78 Å². The number of carbonyl (C=O) groups excluding carboxylic acids is 1. The number of carbonyl (C=O) groups is 1. The van der Waals surface area contributed by atoms with Crippen molar-refractivity contribution in [3.05, 3.63) is 61.8 Å². The van der Waals surface area contributed by atoms with Gasteiger partial charge < -0.3 is 15.4 Å². The molecule has 0 saturated heterocycles. The van der Waals surface area contributed by atoms with E-state index in [1.165, 1.54) is 34.1 Å². The molecule has 0 aliphatic heterocycles. The van der Waals surface area contributed by atoms with Crippen molar-refractivity contribution in [2.75, 3.05) is 17.7 Å². The fraction of sp³-hybridized carbons (Fsp3) is 0.286. The second kappa shape index (κ2) is 9.74. The number of nitrogens with zero attached hydrogens (tertiary/aromatic N) is 2. The fourth-order valence-electron chi connectivity index (χ4n) is 3.62. The zero-order valence-corrected chi connectivity index (χ0v) is 20.2. The number of nitrogens with one attached hydrogen (secondary N) is 2. The molecule has 0 fully saturated rings. The normalized spacial score (nSPS) is 12.9. The van der Waals surface area contributed by atoms with E-state index in [4.69, 9.17) is 40.2 Å². The number of methoxy groups -OCH3 is 1. The number of fused-ring (bicyclic) bond motifs is 1. The topological polar surface area (TPSA) is 68.2 Å². The smallest absolute Gasteiger partial charge is 0.341 e. The lowest BCUT2D eigenvalue weighted by Gasteiger charge is -2.12. The molecule has 1 aliphatic rings. The number of hydrogen-bond donors (Lipinski definition) is 2. The number of aromatic nitrogens is 2. The Kier molecular flexibility index (Phi) is 6.99. The lowest BCUT2D eigenvalue weighted by atomic mass is 9.95. The van der Waals surface area contributed by atoms with Crippen LogP contribution in [0, 0.1) is 5.82 Å². The fourth-order valence-corrected chi connectivity index (χ4v) is 5.59. The van der Waals surface area contributed by atoms with E-state index >= 15 is 0 Å². The molecular weight excluding hydrogens is 494 g/mol. The summed E-state index contributed by atoms with van der Waals surface area (Å²) in [6.07, 6.45) is 5.46. The Hall–Kier alpha value is -2.20. The number of esters is 1. The zero-order valence-electron chi connectivity index (χ0n) is 17.0. The Morgan fingerprint density at radius 3 is 2.81 bits per heavy atom. The number of hydrogen-bond acceptors (Lipinski definition) is 5. The van der Waals surface area contributed by atoms with Gasteiger partial charge >= 0.3 is 5.97 Å². The minimum absolute atomic E-state index is 0.108. The molecule has 168 valence electrons. The molecule has 3 aromatic rings. The van der Waals surface area contributed by atoms with Gasteiger partial charge in [-0.3, -0.25) is 4.68 Å². The van der Waals surface area contributed by atoms with E-state index < -0.39 is 11.8 Å². The second-order valence-corrected chi connectivity index (χ2v) is 9.54. The summed E-state index contributed by atoms with van der Waals surface area (Å²) in [5.41, 5.74) is 1.87. The zero-order chi connectivity index (χ0) is 22.8. The quantitative estimate of drug-likeness (QED) is 0.327. The molecule has 11 heteroatoms. The molecule has 2 heterocycles. The van der Waals surface area contributed by atoms with Gasteiger partial charge in [-0.1, -0.05) is 29.3 Å². The van der Waals surface area contributed by atoms with Gasteiger partial charge in [0.05, 0.1) is 19.2 Å². The van der Waals surface area contributed by atoms with Crippen LogP contribution in [0.3, 0.4) is 0 Å². The molecule has 1 aliphatic carbocycles. The summed E-state index contributed by atoms with van der Waals surface area (Å²) in [4.78, 5) is 13.6. The predicted octanol–water partition coefficient (Wildman–Crippen LogP) is 5.91. The summed E-state index contributed by atoms with van der Waals surface area (Å²) >= 11 is 19.3. The number of halogens is 3. The van der Waals surface area contributed by atoms with Crippen LogP contribution in [0.4, 0.5) is 15.2 Å². The molecule has 32 heavy (non-hydrogen) atoms. The molecule has 2 aromatic heterocycles. The first-order chi connectivity index (χ1) is 15.4. The SMILES string of the molecule is COC(=O)c1c(NC(=S)Nc2nn(Cc3c(F)cccc3Cl)cc2Cl)sc2c1CCCC2. The molecule has 0 atom stereocenters. The highest BCUT2D eigenvalue weighted by Gasteiger charge is 2.26. The summed E-state index contributed by atoms with van der Waals surface area (Å²) < 4.78 is 20.5. The molecule has 1 aromatic carbocycles. The monoisotopic (exact) mass is 512 g/mol. The van der Waals surface area contributed by atoms with Gasteiger partial charge in [0, 0.05) is 21.7 Å². The summed E-state index contributed by atoms with van der Waals surface area (Å²) in [7, 11) is 1.36. The van der Waals surface area contributed by atoms with Crippen LogP contribution in [0.2, 0.25) is 10.0 Å². The van der Waals surface area contributed by atoms with Crippen LogP contribution in [0.25, 0.3) is 0 Å². The molecule has 6 nitrogen and oxygen atoms in total. The highest BCUT2D eigenvalue weighted by molar-refractivity contribution is 7.80. The Morgan fingerprint density at radius 2 is 2.06 bits per heavy atom. The maximum atomic E-state index is 14.1. The third-order valence-corrected chi connectivity index (χ3v) is 7.16. The average Bonchev–Trinajstić information content (AvgIpc) is 3.29. The third-order valence-electron chi connectivity index (χ3n) is 5.12. The number of anilines is 2. The van der Waals surface area contributed by atoms with Gasteiger partial charge in [-0.15, -0.1) is 11.3 Å². The highest BCUT2D eigenvalue weighted by Crippen LogP contribution is 2.38. The first-order valence-electron chi connectivity index (χ1n) is 9.84. The van der Waals surface area contributed by atoms with Crippen LogP contribution in [0.1, 0.15) is 39.2 Å². The molecule has 0 unspecified atom stereocenters. The number of thiophene rings is 1. The Morgan fingerprint density at radius 1 is 1.28 bits per heavy atom. The van der Waals surface area contributed by atoms with Crippen molar-refractivity contribution in [2.45, 2.75) is 32.2 Å². The Labute approximate surface area is 203 Å². The number of benzene rings is 1. The largest absolute Gasteiger partial charge is 0.465 e. The first kappa shape index (κ1) is 23.0. The van der Waals surface area contributed by atoms with Gasteiger partial charge in [0.2, 0.25) is 0 Å². The standard InChI is InChI=1S/C21H19Cl2FN4O2S2/c1-30-20(29)17-11-5-2-3-8-16(11)32-19(17)26-21(31)25-18-14(23)10-28(27-18)9-12-13(22)6-4-7-15(12)24/h4,6-7,10H,2-3,5,8-9H2,1H3,(H2,25,26,27,31). The molecule has 0 spiro atoms. The molecule has 4 rings (SSSR count). The average molecular weight is 513 g/mol. The molecule has 2 N–H and O–H groups in total. The van der Waals surface area contributed by atoms with E-state index in [9.17, 15) is 9.18 Å². The summed E-state index contributed by atoms with van der Waals surface area (Å²) in [6.45, 7) is 0.108. The molecular formula is C21H19Cl2FN4O2S2. The summed E-state index contributed by atoms with van der Waals surface area (Å²) in [6, 6.07) is 4.49. The lowest BCUT2D eigenvalue weighted by molar-refractivity contribution is 0.0601. The molecule has 0 saturated carbocycles. The van der Waals surface area contributed by atoms with E-state index in [0.29, 0.717) is 32.0 Å². The van der Waals surface area contributed by atoms with Crippen molar-refractivity contribution in [2.24, 2.45) is 0 Å². The van der Waals surface area contributed by atoms with Crippen LogP contribution >= 0.6 is 46.8 Å². The van der Waals surface area contributed by atoms with E-state index in [-0.39, 0.29) is 11.7 Å². The Balaban J connectivity index is 1.51. The van der Waals surface area contributed by atoms with Gasteiger partial charge in [0.25, 0.3) is 0 Å². The number of ether oxygens (including phenoxy) is 1. The van der Waals surface area contributed by atoms with Gasteiger partial charge in [0.1, 0.15) is 15.8 Å². The number of rotatable bonds is 5. The number of thiocarbonyl (C=S) groups is 1. The maximum absolute atomic E-state index is 14.1. The van der Waals surface area contributed by atoms with Crippen LogP contribution in [0.15, 0.2) is 24.4 Å². The van der Waals surface area contributed by atoms with Crippen molar-refractivity contribution in [3.8, 4) is 0 Å². The van der Waals surface area contributed by atoms with Crippen LogP contribution in [-0.2, 0) is 24.1 Å². The molecule has 0 radical (unpaired) electrons. The predicted molar refractivity (Wildman–Crippen MR) is 130 cm³/mol. The van der Waals surface area contributed by atoms with Gasteiger partial charge in [-0.25, -0.2) is 9.18 Å². The number of aryl methyl sites for hydroxylation is 1. The van der Waals surface area contributed by atoms with Gasteiger partial charge in [-0.2, -0.15) is 5.10 Å².